The molecule has 32 heavy (non-hydrogen) atoms. The second-order valence-electron chi connectivity index (χ2n) is 7.88. The number of aliphatic hydroxyl groups is 1. The van der Waals surface area contributed by atoms with E-state index < -0.39 is 6.10 Å². The number of thiophene rings is 1. The molecule has 0 radical (unpaired) electrons. The first-order valence-electron chi connectivity index (χ1n) is 11.1. The number of carbonyl (C=O) groups excluding carboxylic acids is 1. The topological polar surface area (TPSA) is 62.2 Å². The molecule has 0 spiro atoms. The molecule has 2 atom stereocenters. The van der Waals surface area contributed by atoms with Crippen molar-refractivity contribution in [2.24, 2.45) is 0 Å². The Balaban J connectivity index is 1.65. The monoisotopic (exact) mass is 456 g/mol. The second kappa shape index (κ2) is 12.6. The van der Waals surface area contributed by atoms with Gasteiger partial charge in [-0.05, 0) is 48.5 Å². The number of fused-ring (bicyclic) bond motifs is 1. The lowest BCUT2D eigenvalue weighted by molar-refractivity contribution is -0.136. The van der Waals surface area contributed by atoms with E-state index >= 15 is 0 Å². The van der Waals surface area contributed by atoms with Gasteiger partial charge in [-0.1, -0.05) is 31.0 Å². The summed E-state index contributed by atoms with van der Waals surface area (Å²) >= 11 is 1.74. The molecule has 1 aliphatic rings. The van der Waals surface area contributed by atoms with Crippen LogP contribution in [0.4, 0.5) is 0 Å². The van der Waals surface area contributed by atoms with Gasteiger partial charge in [0.15, 0.2) is 0 Å². The van der Waals surface area contributed by atoms with Crippen LogP contribution in [0, 0.1) is 12.3 Å². The van der Waals surface area contributed by atoms with Gasteiger partial charge in [0.25, 0.3) is 0 Å². The van der Waals surface area contributed by atoms with Crippen LogP contribution in [0.5, 0.6) is 5.75 Å². The summed E-state index contributed by atoms with van der Waals surface area (Å²) in [4.78, 5) is 18.6. The van der Waals surface area contributed by atoms with Crippen LogP contribution < -0.4 is 4.74 Å². The maximum Gasteiger partial charge on any atom is 0.237 e. The lowest BCUT2D eigenvalue weighted by Gasteiger charge is -2.37. The van der Waals surface area contributed by atoms with Crippen LogP contribution in [-0.2, 0) is 16.0 Å². The van der Waals surface area contributed by atoms with Crippen LogP contribution in [0.1, 0.15) is 29.8 Å². The van der Waals surface area contributed by atoms with E-state index in [4.69, 9.17) is 15.9 Å². The predicted molar refractivity (Wildman–Crippen MR) is 127 cm³/mol. The van der Waals surface area contributed by atoms with Gasteiger partial charge in [-0.25, -0.2) is 0 Å². The Morgan fingerprint density at radius 1 is 1.38 bits per heavy atom. The van der Waals surface area contributed by atoms with Crippen LogP contribution in [0.25, 0.3) is 0 Å². The largest absolute Gasteiger partial charge is 0.491 e. The SMILES string of the molecule is C#CCOCC(O)CN(CCC)CC(=O)N1CCc2sccc2C1COc1ccccc1. The van der Waals surface area contributed by atoms with Gasteiger partial charge >= 0.3 is 0 Å². The third kappa shape index (κ3) is 6.81. The number of nitrogens with zero attached hydrogens (tertiary/aromatic N) is 2. The molecule has 2 heterocycles. The van der Waals surface area contributed by atoms with Crippen LogP contribution in [0.15, 0.2) is 41.8 Å². The van der Waals surface area contributed by atoms with Crippen molar-refractivity contribution >= 4 is 17.2 Å². The smallest absolute Gasteiger partial charge is 0.237 e. The highest BCUT2D eigenvalue weighted by atomic mass is 32.1. The highest BCUT2D eigenvalue weighted by Gasteiger charge is 2.33. The fourth-order valence-corrected chi connectivity index (χ4v) is 4.93. The number of hydrogen-bond donors (Lipinski definition) is 1. The summed E-state index contributed by atoms with van der Waals surface area (Å²) < 4.78 is 11.3. The van der Waals surface area contributed by atoms with Gasteiger partial charge in [-0.3, -0.25) is 9.69 Å². The molecule has 1 amide bonds. The Labute approximate surface area is 194 Å². The molecule has 0 fully saturated rings. The minimum absolute atomic E-state index is 0.0497. The molecule has 2 unspecified atom stereocenters. The molecule has 2 aromatic rings. The maximum absolute atomic E-state index is 13.4. The molecule has 1 N–H and O–H groups in total. The minimum Gasteiger partial charge on any atom is -0.491 e. The quantitative estimate of drug-likeness (QED) is 0.393. The molecule has 0 saturated heterocycles. The van der Waals surface area contributed by atoms with E-state index in [0.29, 0.717) is 19.7 Å². The standard InChI is InChI=1S/C25H32N2O4S/c1-3-12-26(16-20(28)18-30-14-4-2)17-25(29)27-13-10-24-22(11-15-32-24)23(27)19-31-21-8-6-5-7-9-21/h2,5-9,11,15,20,23,28H,3,10,12-14,16-19H2,1H3. The molecular formula is C25H32N2O4S. The fourth-order valence-electron chi connectivity index (χ4n) is 4.00. The third-order valence-corrected chi connectivity index (χ3v) is 6.43. The summed E-state index contributed by atoms with van der Waals surface area (Å²) in [5, 5.41) is 12.4. The molecule has 6 nitrogen and oxygen atoms in total. The van der Waals surface area contributed by atoms with E-state index in [1.807, 2.05) is 40.1 Å². The van der Waals surface area contributed by atoms with Crippen molar-refractivity contribution in [2.75, 3.05) is 46.0 Å². The molecular weight excluding hydrogens is 424 g/mol. The van der Waals surface area contributed by atoms with Crippen molar-refractivity contribution in [1.82, 2.24) is 9.80 Å². The number of carbonyl (C=O) groups is 1. The highest BCUT2D eigenvalue weighted by Crippen LogP contribution is 2.34. The molecule has 0 aliphatic carbocycles. The lowest BCUT2D eigenvalue weighted by Crippen LogP contribution is -2.48. The number of hydrogen-bond acceptors (Lipinski definition) is 6. The molecule has 0 bridgehead atoms. The van der Waals surface area contributed by atoms with E-state index in [-0.39, 0.29) is 31.7 Å². The van der Waals surface area contributed by atoms with E-state index in [1.165, 1.54) is 10.4 Å². The summed E-state index contributed by atoms with van der Waals surface area (Å²) in [6.07, 6.45) is 6.24. The van der Waals surface area contributed by atoms with Gasteiger partial charge in [0.1, 0.15) is 19.0 Å². The Bertz CT molecular complexity index is 880. The van der Waals surface area contributed by atoms with Crippen molar-refractivity contribution < 1.29 is 19.4 Å². The molecule has 1 aromatic carbocycles. The van der Waals surface area contributed by atoms with Crippen LogP contribution in [0.3, 0.4) is 0 Å². The fraction of sp³-hybridized carbons (Fsp3) is 0.480. The minimum atomic E-state index is -0.690. The van der Waals surface area contributed by atoms with Crippen molar-refractivity contribution in [3.05, 3.63) is 52.2 Å². The Hall–Kier alpha value is -2.37. The Morgan fingerprint density at radius 3 is 2.94 bits per heavy atom. The van der Waals surface area contributed by atoms with Gasteiger partial charge < -0.3 is 19.5 Å². The zero-order chi connectivity index (χ0) is 22.8. The van der Waals surface area contributed by atoms with Crippen LogP contribution >= 0.6 is 11.3 Å². The van der Waals surface area contributed by atoms with Gasteiger partial charge in [-0.15, -0.1) is 17.8 Å². The second-order valence-corrected chi connectivity index (χ2v) is 8.88. The molecule has 172 valence electrons. The zero-order valence-electron chi connectivity index (χ0n) is 18.6. The lowest BCUT2D eigenvalue weighted by atomic mass is 10.0. The zero-order valence-corrected chi connectivity index (χ0v) is 19.4. The first-order valence-corrected chi connectivity index (χ1v) is 12.0. The van der Waals surface area contributed by atoms with E-state index in [1.54, 1.807) is 11.3 Å². The average molecular weight is 457 g/mol. The normalized spacial score (nSPS) is 16.4. The predicted octanol–water partition coefficient (Wildman–Crippen LogP) is 2.98. The average Bonchev–Trinajstić information content (AvgIpc) is 3.27. The third-order valence-electron chi connectivity index (χ3n) is 5.43. The van der Waals surface area contributed by atoms with Crippen LogP contribution in [-0.4, -0.2) is 72.9 Å². The number of benzene rings is 1. The molecule has 1 aliphatic heterocycles. The summed E-state index contributed by atoms with van der Waals surface area (Å²) in [7, 11) is 0. The van der Waals surface area contributed by atoms with Gasteiger partial charge in [0.05, 0.1) is 25.3 Å². The summed E-state index contributed by atoms with van der Waals surface area (Å²) in [5.41, 5.74) is 1.18. The van der Waals surface area contributed by atoms with Crippen molar-refractivity contribution in [1.29, 1.82) is 0 Å². The number of para-hydroxylation sites is 1. The number of amides is 1. The van der Waals surface area contributed by atoms with Gasteiger partial charge in [-0.2, -0.15) is 0 Å². The molecule has 3 rings (SSSR count). The van der Waals surface area contributed by atoms with E-state index in [9.17, 15) is 9.90 Å². The number of aliphatic hydroxyl groups excluding tert-OH is 1. The summed E-state index contributed by atoms with van der Waals surface area (Å²) in [5.74, 6) is 3.24. The van der Waals surface area contributed by atoms with Gasteiger partial charge in [0.2, 0.25) is 5.91 Å². The molecule has 1 aromatic heterocycles. The summed E-state index contributed by atoms with van der Waals surface area (Å²) in [6, 6.07) is 11.7. The number of terminal acetylenes is 1. The van der Waals surface area contributed by atoms with Crippen molar-refractivity contribution in [2.45, 2.75) is 31.9 Å². The van der Waals surface area contributed by atoms with Crippen molar-refractivity contribution in [3.63, 3.8) is 0 Å². The number of rotatable bonds is 12. The van der Waals surface area contributed by atoms with E-state index in [0.717, 1.165) is 25.1 Å². The maximum atomic E-state index is 13.4. The van der Waals surface area contributed by atoms with Gasteiger partial charge in [0, 0.05) is 18.0 Å². The Kier molecular flexibility index (Phi) is 9.57. The summed E-state index contributed by atoms with van der Waals surface area (Å²) in [6.45, 7) is 4.82. The molecule has 0 saturated carbocycles. The number of ether oxygens (including phenoxy) is 2. The first-order chi connectivity index (χ1) is 15.6. The first kappa shape index (κ1) is 24.3. The van der Waals surface area contributed by atoms with E-state index in [2.05, 4.69) is 24.3 Å². The van der Waals surface area contributed by atoms with Crippen molar-refractivity contribution in [3.8, 4) is 18.1 Å². The Morgan fingerprint density at radius 2 is 2.19 bits per heavy atom. The molecule has 7 heteroatoms. The van der Waals surface area contributed by atoms with Crippen LogP contribution in [0.2, 0.25) is 0 Å². The highest BCUT2D eigenvalue weighted by molar-refractivity contribution is 7.10.